The van der Waals surface area contributed by atoms with Gasteiger partial charge in [0.15, 0.2) is 6.61 Å². The lowest BCUT2D eigenvalue weighted by molar-refractivity contribution is -0.148. The molecule has 0 aliphatic carbocycles. The third-order valence-electron chi connectivity index (χ3n) is 3.91. The predicted octanol–water partition coefficient (Wildman–Crippen LogP) is 1.20. The number of nitrogens with one attached hydrogen (secondary N) is 2. The van der Waals surface area contributed by atoms with Gasteiger partial charge in [-0.25, -0.2) is 13.2 Å². The molecular weight excluding hydrogens is 398 g/mol. The Morgan fingerprint density at radius 1 is 1.14 bits per heavy atom. The summed E-state index contributed by atoms with van der Waals surface area (Å²) in [6.45, 7) is 7.37. The number of ether oxygens (including phenoxy) is 1. The molecule has 29 heavy (non-hydrogen) atoms. The van der Waals surface area contributed by atoms with Gasteiger partial charge >= 0.3 is 12.0 Å². The van der Waals surface area contributed by atoms with Gasteiger partial charge in [0.1, 0.15) is 0 Å². The van der Waals surface area contributed by atoms with Crippen LogP contribution in [0.4, 0.5) is 4.79 Å². The van der Waals surface area contributed by atoms with Gasteiger partial charge in [-0.2, -0.15) is 4.31 Å². The van der Waals surface area contributed by atoms with Gasteiger partial charge in [0, 0.05) is 26.1 Å². The minimum Gasteiger partial charge on any atom is -0.456 e. The van der Waals surface area contributed by atoms with Crippen molar-refractivity contribution in [3.05, 3.63) is 42.5 Å². The maximum Gasteiger partial charge on any atom is 0.321 e. The van der Waals surface area contributed by atoms with Crippen LogP contribution in [0.5, 0.6) is 0 Å². The number of carbonyl (C=O) groups is 3. The third-order valence-corrected chi connectivity index (χ3v) is 5.97. The topological polar surface area (TPSA) is 122 Å². The van der Waals surface area contributed by atoms with Gasteiger partial charge in [0.05, 0.1) is 4.90 Å². The second-order valence-corrected chi connectivity index (χ2v) is 7.88. The number of carbonyl (C=O) groups excluding carboxylic acids is 3. The molecule has 1 aromatic rings. The lowest BCUT2D eigenvalue weighted by Gasteiger charge is -2.18. The molecule has 0 aliphatic heterocycles. The number of sulfonamides is 1. The average Bonchev–Trinajstić information content (AvgIpc) is 2.70. The summed E-state index contributed by atoms with van der Waals surface area (Å²) in [6, 6.07) is 5.58. The van der Waals surface area contributed by atoms with Crippen LogP contribution in [0.3, 0.4) is 0 Å². The molecule has 160 valence electrons. The van der Waals surface area contributed by atoms with Gasteiger partial charge in [-0.05, 0) is 24.1 Å². The summed E-state index contributed by atoms with van der Waals surface area (Å²) in [7, 11) is -3.52. The van der Waals surface area contributed by atoms with Crippen LogP contribution in [-0.2, 0) is 30.8 Å². The van der Waals surface area contributed by atoms with Crippen molar-refractivity contribution < 1.29 is 27.5 Å². The number of nitrogens with zero attached hydrogens (tertiary/aromatic N) is 1. The number of urea groups is 1. The maximum absolute atomic E-state index is 12.4. The highest BCUT2D eigenvalue weighted by atomic mass is 32.2. The molecule has 2 N–H and O–H groups in total. The van der Waals surface area contributed by atoms with Crippen molar-refractivity contribution in [2.45, 2.75) is 31.6 Å². The fourth-order valence-corrected chi connectivity index (χ4v) is 3.84. The summed E-state index contributed by atoms with van der Waals surface area (Å²) in [5, 5.41) is 4.36. The van der Waals surface area contributed by atoms with Crippen molar-refractivity contribution in [1.29, 1.82) is 0 Å². The van der Waals surface area contributed by atoms with Crippen LogP contribution in [0.25, 0.3) is 0 Å². The summed E-state index contributed by atoms with van der Waals surface area (Å²) in [4.78, 5) is 34.7. The van der Waals surface area contributed by atoms with E-state index in [0.717, 1.165) is 5.56 Å². The number of esters is 1. The normalized spacial score (nSPS) is 11.0. The fourth-order valence-electron chi connectivity index (χ4n) is 2.38. The van der Waals surface area contributed by atoms with Crippen molar-refractivity contribution in [1.82, 2.24) is 14.9 Å². The minimum atomic E-state index is -3.52. The molecule has 10 heteroatoms. The summed E-state index contributed by atoms with van der Waals surface area (Å²) in [5.74, 6) is -1.35. The van der Waals surface area contributed by atoms with Gasteiger partial charge in [0.2, 0.25) is 10.0 Å². The van der Waals surface area contributed by atoms with Crippen LogP contribution in [0.1, 0.15) is 25.8 Å². The van der Waals surface area contributed by atoms with E-state index in [9.17, 15) is 22.8 Å². The van der Waals surface area contributed by atoms with E-state index < -0.39 is 34.5 Å². The van der Waals surface area contributed by atoms with E-state index in [1.54, 1.807) is 26.0 Å². The van der Waals surface area contributed by atoms with Gasteiger partial charge in [-0.3, -0.25) is 14.9 Å². The first kappa shape index (κ1) is 24.3. The molecule has 0 heterocycles. The maximum atomic E-state index is 12.4. The molecule has 3 amide bonds. The molecule has 0 radical (unpaired) electrons. The van der Waals surface area contributed by atoms with Crippen molar-refractivity contribution >= 4 is 27.9 Å². The molecule has 0 aromatic heterocycles. The molecule has 0 saturated carbocycles. The minimum absolute atomic E-state index is 0.0120. The number of imide groups is 1. The highest BCUT2D eigenvalue weighted by molar-refractivity contribution is 7.89. The predicted molar refractivity (Wildman–Crippen MR) is 108 cm³/mol. The molecule has 0 fully saturated rings. The molecule has 0 bridgehead atoms. The van der Waals surface area contributed by atoms with E-state index in [1.165, 1.54) is 22.5 Å². The van der Waals surface area contributed by atoms with Crippen molar-refractivity contribution in [3.63, 3.8) is 0 Å². The van der Waals surface area contributed by atoms with Crippen LogP contribution in [0, 0.1) is 0 Å². The van der Waals surface area contributed by atoms with Gasteiger partial charge in [-0.15, -0.1) is 6.58 Å². The highest BCUT2D eigenvalue weighted by Gasteiger charge is 2.21. The first-order chi connectivity index (χ1) is 13.7. The Morgan fingerprint density at radius 2 is 1.76 bits per heavy atom. The van der Waals surface area contributed by atoms with E-state index in [2.05, 4.69) is 11.9 Å². The molecule has 1 aromatic carbocycles. The Morgan fingerprint density at radius 3 is 2.31 bits per heavy atom. The molecule has 0 atom stereocenters. The third kappa shape index (κ3) is 8.04. The molecule has 0 saturated heterocycles. The van der Waals surface area contributed by atoms with E-state index in [-0.39, 0.29) is 17.9 Å². The van der Waals surface area contributed by atoms with Crippen LogP contribution in [0.15, 0.2) is 41.8 Å². The summed E-state index contributed by atoms with van der Waals surface area (Å²) in [5.41, 5.74) is 0.758. The second kappa shape index (κ2) is 12.0. The molecule has 1 rings (SSSR count). The highest BCUT2D eigenvalue weighted by Crippen LogP contribution is 2.17. The van der Waals surface area contributed by atoms with Crippen molar-refractivity contribution in [2.24, 2.45) is 0 Å². The summed E-state index contributed by atoms with van der Waals surface area (Å²) in [6.07, 6.45) is 1.79. The quantitative estimate of drug-likeness (QED) is 0.406. The van der Waals surface area contributed by atoms with E-state index in [4.69, 9.17) is 4.74 Å². The molecule has 0 spiro atoms. The molecule has 0 unspecified atom stereocenters. The Balaban J connectivity index is 2.47. The van der Waals surface area contributed by atoms with Crippen molar-refractivity contribution in [2.75, 3.05) is 26.2 Å². The van der Waals surface area contributed by atoms with Crippen LogP contribution >= 0.6 is 0 Å². The lowest BCUT2D eigenvalue weighted by Crippen LogP contribution is -2.41. The zero-order valence-corrected chi connectivity index (χ0v) is 17.5. The smallest absolute Gasteiger partial charge is 0.321 e. The Kier molecular flexibility index (Phi) is 10.0. The number of hydrogen-bond donors (Lipinski definition) is 2. The fraction of sp³-hybridized carbons (Fsp3) is 0.421. The summed E-state index contributed by atoms with van der Waals surface area (Å²) >= 11 is 0. The number of rotatable bonds is 11. The zero-order chi connectivity index (χ0) is 21.9. The molecule has 9 nitrogen and oxygen atoms in total. The van der Waals surface area contributed by atoms with Gasteiger partial charge in [-0.1, -0.05) is 32.1 Å². The number of hydrogen-bond acceptors (Lipinski definition) is 6. The Hall–Kier alpha value is -2.72. The van der Waals surface area contributed by atoms with E-state index in [1.807, 2.05) is 5.32 Å². The monoisotopic (exact) mass is 425 g/mol. The van der Waals surface area contributed by atoms with Crippen LogP contribution in [0.2, 0.25) is 0 Å². The Labute approximate surface area is 171 Å². The number of benzene rings is 1. The molecule has 0 aliphatic rings. The van der Waals surface area contributed by atoms with E-state index in [0.29, 0.717) is 19.5 Å². The average molecular weight is 426 g/mol. The first-order valence-corrected chi connectivity index (χ1v) is 10.6. The SMILES string of the molecule is C=CCNC(=O)NC(=O)COC(=O)CCc1ccc(S(=O)(=O)N(CC)CC)cc1. The Bertz CT molecular complexity index is 817. The number of aryl methyl sites for hydroxylation is 1. The standard InChI is InChI=1S/C19H27N3O6S/c1-4-13-20-19(25)21-17(23)14-28-18(24)12-9-15-7-10-16(11-8-15)29(26,27)22(5-2)6-3/h4,7-8,10-11H,1,5-6,9,12-14H2,2-3H3,(H2,20,21,23,25). The second-order valence-electron chi connectivity index (χ2n) is 5.94. The van der Waals surface area contributed by atoms with E-state index >= 15 is 0 Å². The van der Waals surface area contributed by atoms with Crippen LogP contribution in [-0.4, -0.2) is 56.9 Å². The summed E-state index contributed by atoms with van der Waals surface area (Å²) < 4.78 is 31.1. The van der Waals surface area contributed by atoms with Gasteiger partial charge < -0.3 is 10.1 Å². The lowest BCUT2D eigenvalue weighted by atomic mass is 10.1. The zero-order valence-electron chi connectivity index (χ0n) is 16.6. The van der Waals surface area contributed by atoms with Crippen LogP contribution < -0.4 is 10.6 Å². The largest absolute Gasteiger partial charge is 0.456 e. The van der Waals surface area contributed by atoms with Crippen molar-refractivity contribution in [3.8, 4) is 0 Å². The number of amides is 3. The van der Waals surface area contributed by atoms with Gasteiger partial charge in [0.25, 0.3) is 5.91 Å². The molecular formula is C19H27N3O6S. The first-order valence-electron chi connectivity index (χ1n) is 9.17.